The Kier molecular flexibility index (Phi) is 3.33. The quantitative estimate of drug-likeness (QED) is 0.812. The van der Waals surface area contributed by atoms with Crippen LogP contribution in [0.15, 0.2) is 18.5 Å². The normalized spacial score (nSPS) is 19.9. The second-order valence-corrected chi connectivity index (χ2v) is 4.91. The Morgan fingerprint density at radius 3 is 2.53 bits per heavy atom. The van der Waals surface area contributed by atoms with Crippen molar-refractivity contribution in [3.8, 4) is 0 Å². The van der Waals surface area contributed by atoms with Crippen molar-refractivity contribution in [3.05, 3.63) is 24.0 Å². The molecule has 2 heterocycles. The Balaban J connectivity index is 2.42. The average molecular weight is 261 g/mol. The second-order valence-electron chi connectivity index (χ2n) is 4.91. The van der Waals surface area contributed by atoms with Gasteiger partial charge in [0.15, 0.2) is 0 Å². The number of urea groups is 1. The van der Waals surface area contributed by atoms with Crippen LogP contribution in [-0.4, -0.2) is 22.8 Å². The molecule has 0 bridgehead atoms. The second kappa shape index (κ2) is 4.79. The minimum Gasteiger partial charge on any atom is -0.277 e. The Bertz CT molecular complexity index is 554. The molecule has 0 aliphatic carbocycles. The lowest BCUT2D eigenvalue weighted by molar-refractivity contribution is -0.136. The summed E-state index contributed by atoms with van der Waals surface area (Å²) >= 11 is 0. The van der Waals surface area contributed by atoms with Gasteiger partial charge in [-0.3, -0.25) is 19.9 Å². The molecule has 6 nitrogen and oxygen atoms in total. The minimum absolute atomic E-state index is 0.180. The third kappa shape index (κ3) is 2.33. The van der Waals surface area contributed by atoms with Crippen molar-refractivity contribution in [2.75, 3.05) is 4.90 Å². The molecular formula is C13H15N3O3. The standard InChI is InChI=1S/C13H15N3O3/c1-7(2)10-11(17)15-13(19)16(12(10)18)9-4-8(3)5-14-6-9/h4-7,10H,1-3H3,(H,15,17,19). The van der Waals surface area contributed by atoms with Gasteiger partial charge in [0.25, 0.3) is 0 Å². The number of carbonyl (C=O) groups is 3. The highest BCUT2D eigenvalue weighted by Gasteiger charge is 2.42. The lowest BCUT2D eigenvalue weighted by atomic mass is 9.92. The summed E-state index contributed by atoms with van der Waals surface area (Å²) in [7, 11) is 0. The summed E-state index contributed by atoms with van der Waals surface area (Å²) in [5.41, 5.74) is 1.21. The van der Waals surface area contributed by atoms with E-state index in [4.69, 9.17) is 0 Å². The molecule has 1 unspecified atom stereocenters. The summed E-state index contributed by atoms with van der Waals surface area (Å²) < 4.78 is 0. The van der Waals surface area contributed by atoms with Crippen molar-refractivity contribution in [3.63, 3.8) is 0 Å². The maximum Gasteiger partial charge on any atom is 0.335 e. The van der Waals surface area contributed by atoms with Gasteiger partial charge in [-0.15, -0.1) is 0 Å². The molecule has 0 aromatic carbocycles. The van der Waals surface area contributed by atoms with Crippen molar-refractivity contribution in [2.24, 2.45) is 11.8 Å². The molecule has 0 spiro atoms. The lowest BCUT2D eigenvalue weighted by Crippen LogP contribution is -2.59. The van der Waals surface area contributed by atoms with Gasteiger partial charge in [0.2, 0.25) is 11.8 Å². The van der Waals surface area contributed by atoms with Crippen LogP contribution in [0.25, 0.3) is 0 Å². The predicted octanol–water partition coefficient (Wildman–Crippen LogP) is 1.25. The number of amides is 4. The Morgan fingerprint density at radius 2 is 1.95 bits per heavy atom. The molecule has 1 aliphatic heterocycles. The number of hydrogen-bond donors (Lipinski definition) is 1. The fourth-order valence-corrected chi connectivity index (χ4v) is 2.08. The highest BCUT2D eigenvalue weighted by atomic mass is 16.2. The van der Waals surface area contributed by atoms with E-state index in [1.807, 2.05) is 6.92 Å². The first-order chi connectivity index (χ1) is 8.91. The third-order valence-electron chi connectivity index (χ3n) is 2.99. The van der Waals surface area contributed by atoms with Crippen molar-refractivity contribution < 1.29 is 14.4 Å². The summed E-state index contributed by atoms with van der Waals surface area (Å²) in [5, 5.41) is 2.21. The number of barbiturate groups is 1. The molecule has 2 rings (SSSR count). The van der Waals surface area contributed by atoms with Crippen LogP contribution < -0.4 is 10.2 Å². The first-order valence-corrected chi connectivity index (χ1v) is 6.02. The van der Waals surface area contributed by atoms with E-state index >= 15 is 0 Å². The van der Waals surface area contributed by atoms with Gasteiger partial charge in [-0.1, -0.05) is 13.8 Å². The molecule has 6 heteroatoms. The molecule has 1 atom stereocenters. The maximum atomic E-state index is 12.3. The van der Waals surface area contributed by atoms with Gasteiger partial charge in [-0.2, -0.15) is 0 Å². The van der Waals surface area contributed by atoms with E-state index < -0.39 is 23.8 Å². The largest absolute Gasteiger partial charge is 0.335 e. The third-order valence-corrected chi connectivity index (χ3v) is 2.99. The molecule has 1 aromatic rings. The number of rotatable bonds is 2. The number of nitrogens with zero attached hydrogens (tertiary/aromatic N) is 2. The highest BCUT2D eigenvalue weighted by Crippen LogP contribution is 2.24. The van der Waals surface area contributed by atoms with Crippen molar-refractivity contribution >= 4 is 23.5 Å². The summed E-state index contributed by atoms with van der Waals surface area (Å²) in [5.74, 6) is -2.07. The number of aryl methyl sites for hydroxylation is 1. The Morgan fingerprint density at radius 1 is 1.26 bits per heavy atom. The van der Waals surface area contributed by atoms with E-state index in [0.29, 0.717) is 5.69 Å². The van der Waals surface area contributed by atoms with Crippen LogP contribution in [0.5, 0.6) is 0 Å². The van der Waals surface area contributed by atoms with Crippen LogP contribution in [0.3, 0.4) is 0 Å². The van der Waals surface area contributed by atoms with Crippen molar-refractivity contribution in [2.45, 2.75) is 20.8 Å². The van der Waals surface area contributed by atoms with Gasteiger partial charge in [0.05, 0.1) is 11.9 Å². The predicted molar refractivity (Wildman–Crippen MR) is 68.3 cm³/mol. The topological polar surface area (TPSA) is 79.4 Å². The summed E-state index contributed by atoms with van der Waals surface area (Å²) in [6.07, 6.45) is 3.05. The van der Waals surface area contributed by atoms with E-state index in [1.165, 1.54) is 6.20 Å². The smallest absolute Gasteiger partial charge is 0.277 e. The van der Waals surface area contributed by atoms with Crippen LogP contribution >= 0.6 is 0 Å². The summed E-state index contributed by atoms with van der Waals surface area (Å²) in [6.45, 7) is 5.35. The van der Waals surface area contributed by atoms with E-state index in [0.717, 1.165) is 10.5 Å². The van der Waals surface area contributed by atoms with E-state index in [9.17, 15) is 14.4 Å². The Labute approximate surface area is 110 Å². The molecule has 19 heavy (non-hydrogen) atoms. The van der Waals surface area contributed by atoms with Crippen LogP contribution in [0, 0.1) is 18.8 Å². The number of hydrogen-bond acceptors (Lipinski definition) is 4. The number of pyridine rings is 1. The van der Waals surface area contributed by atoms with E-state index in [2.05, 4.69) is 10.3 Å². The molecule has 1 aromatic heterocycles. The number of aromatic nitrogens is 1. The van der Waals surface area contributed by atoms with Crippen LogP contribution in [-0.2, 0) is 9.59 Å². The lowest BCUT2D eigenvalue weighted by Gasteiger charge is -2.31. The number of imide groups is 2. The monoisotopic (exact) mass is 261 g/mol. The molecule has 1 aliphatic rings. The molecule has 4 amide bonds. The molecule has 1 saturated heterocycles. The summed E-state index contributed by atoms with van der Waals surface area (Å²) in [4.78, 5) is 40.8. The van der Waals surface area contributed by atoms with E-state index in [1.54, 1.807) is 26.1 Å². The van der Waals surface area contributed by atoms with Gasteiger partial charge >= 0.3 is 6.03 Å². The van der Waals surface area contributed by atoms with Crippen molar-refractivity contribution in [1.82, 2.24) is 10.3 Å². The fraction of sp³-hybridized carbons (Fsp3) is 0.385. The molecule has 0 radical (unpaired) electrons. The summed E-state index contributed by atoms with van der Waals surface area (Å²) in [6, 6.07) is 0.955. The SMILES string of the molecule is Cc1cncc(N2C(=O)NC(=O)C(C(C)C)C2=O)c1. The van der Waals surface area contributed by atoms with Gasteiger partial charge in [-0.05, 0) is 24.5 Å². The van der Waals surface area contributed by atoms with Gasteiger partial charge in [0.1, 0.15) is 5.92 Å². The zero-order chi connectivity index (χ0) is 14.2. The molecule has 1 N–H and O–H groups in total. The zero-order valence-electron chi connectivity index (χ0n) is 11.0. The molecular weight excluding hydrogens is 246 g/mol. The fourth-order valence-electron chi connectivity index (χ4n) is 2.08. The molecule has 1 fully saturated rings. The molecule has 0 saturated carbocycles. The van der Waals surface area contributed by atoms with Gasteiger partial charge < -0.3 is 0 Å². The van der Waals surface area contributed by atoms with E-state index in [-0.39, 0.29) is 5.92 Å². The number of nitrogens with one attached hydrogen (secondary N) is 1. The Hall–Kier alpha value is -2.24. The molecule has 100 valence electrons. The zero-order valence-corrected chi connectivity index (χ0v) is 11.0. The number of anilines is 1. The highest BCUT2D eigenvalue weighted by molar-refractivity contribution is 6.27. The van der Waals surface area contributed by atoms with Gasteiger partial charge in [0, 0.05) is 6.20 Å². The first-order valence-electron chi connectivity index (χ1n) is 6.02. The average Bonchev–Trinajstić information content (AvgIpc) is 2.27. The van der Waals surface area contributed by atoms with Crippen molar-refractivity contribution in [1.29, 1.82) is 0 Å². The minimum atomic E-state index is -0.849. The maximum absolute atomic E-state index is 12.3. The van der Waals surface area contributed by atoms with Crippen LogP contribution in [0.2, 0.25) is 0 Å². The first kappa shape index (κ1) is 13.2. The number of carbonyl (C=O) groups excluding carboxylic acids is 3. The van der Waals surface area contributed by atoms with Gasteiger partial charge in [-0.25, -0.2) is 9.69 Å². The van der Waals surface area contributed by atoms with Crippen LogP contribution in [0.4, 0.5) is 10.5 Å². The van der Waals surface area contributed by atoms with Crippen LogP contribution in [0.1, 0.15) is 19.4 Å².